The summed E-state index contributed by atoms with van der Waals surface area (Å²) < 4.78 is 0. The van der Waals surface area contributed by atoms with Crippen LogP contribution in [0.25, 0.3) is 0 Å². The van der Waals surface area contributed by atoms with Crippen LogP contribution in [0.15, 0.2) is 0 Å². The van der Waals surface area contributed by atoms with Gasteiger partial charge in [-0.3, -0.25) is 4.79 Å². The van der Waals surface area contributed by atoms with Crippen LogP contribution in [0.1, 0.15) is 19.8 Å². The van der Waals surface area contributed by atoms with E-state index in [2.05, 4.69) is 11.8 Å². The number of hydrogen-bond acceptors (Lipinski definition) is 2. The molecule has 0 atom stereocenters. The fourth-order valence-electron chi connectivity index (χ4n) is 0.770. The summed E-state index contributed by atoms with van der Waals surface area (Å²) in [5.74, 6) is 4.98. The third-order valence-corrected chi connectivity index (χ3v) is 1.50. The first-order valence-corrected chi connectivity index (χ1v) is 3.96. The summed E-state index contributed by atoms with van der Waals surface area (Å²) in [4.78, 5) is 12.1. The molecule has 0 aromatic carbocycles. The van der Waals surface area contributed by atoms with Gasteiger partial charge in [0.1, 0.15) is 0 Å². The molecule has 3 nitrogen and oxygen atoms in total. The van der Waals surface area contributed by atoms with Gasteiger partial charge < -0.3 is 10.0 Å². The Morgan fingerprint density at radius 3 is 2.67 bits per heavy atom. The molecule has 3 heteroatoms. The molecule has 12 heavy (non-hydrogen) atoms. The fraction of sp³-hybridized carbons (Fsp3) is 0.667. The van der Waals surface area contributed by atoms with E-state index in [1.807, 2.05) is 11.9 Å². The monoisotopic (exact) mass is 169 g/mol. The van der Waals surface area contributed by atoms with Crippen molar-refractivity contribution in [2.45, 2.75) is 19.8 Å². The highest BCUT2D eigenvalue weighted by Gasteiger charge is 2.00. The van der Waals surface area contributed by atoms with E-state index >= 15 is 0 Å². The quantitative estimate of drug-likeness (QED) is 0.619. The average molecular weight is 169 g/mol. The first kappa shape index (κ1) is 11.0. The number of carboxylic acid groups (broad SMARTS) is 1. The second-order valence-corrected chi connectivity index (χ2v) is 2.62. The molecular weight excluding hydrogens is 154 g/mol. The lowest BCUT2D eigenvalue weighted by Gasteiger charge is -2.12. The Morgan fingerprint density at radius 1 is 1.50 bits per heavy atom. The molecular formula is C9H15NO2. The van der Waals surface area contributed by atoms with Crippen molar-refractivity contribution < 1.29 is 9.90 Å². The van der Waals surface area contributed by atoms with Crippen LogP contribution in [0.4, 0.5) is 0 Å². The lowest BCUT2D eigenvalue weighted by Crippen LogP contribution is -2.22. The van der Waals surface area contributed by atoms with Crippen LogP contribution in [0.3, 0.4) is 0 Å². The zero-order valence-corrected chi connectivity index (χ0v) is 7.63. The molecule has 0 heterocycles. The van der Waals surface area contributed by atoms with Crippen LogP contribution >= 0.6 is 0 Å². The van der Waals surface area contributed by atoms with E-state index in [0.29, 0.717) is 6.54 Å². The van der Waals surface area contributed by atoms with Crippen molar-refractivity contribution in [2.24, 2.45) is 0 Å². The highest BCUT2D eigenvalue weighted by molar-refractivity contribution is 5.66. The minimum atomic E-state index is -0.747. The van der Waals surface area contributed by atoms with Crippen molar-refractivity contribution in [2.75, 3.05) is 20.1 Å². The highest BCUT2D eigenvalue weighted by Crippen LogP contribution is 1.89. The van der Waals surface area contributed by atoms with E-state index in [9.17, 15) is 4.79 Å². The zero-order chi connectivity index (χ0) is 9.40. The van der Waals surface area contributed by atoms with Gasteiger partial charge in [-0.05, 0) is 14.0 Å². The molecule has 0 aromatic heterocycles. The van der Waals surface area contributed by atoms with Gasteiger partial charge >= 0.3 is 5.97 Å². The first-order chi connectivity index (χ1) is 5.66. The first-order valence-electron chi connectivity index (χ1n) is 3.96. The normalized spacial score (nSPS) is 9.25. The lowest BCUT2D eigenvalue weighted by molar-refractivity contribution is -0.137. The van der Waals surface area contributed by atoms with E-state index in [-0.39, 0.29) is 6.42 Å². The third kappa shape index (κ3) is 7.10. The number of aliphatic carboxylic acids is 1. The van der Waals surface area contributed by atoms with Crippen LogP contribution in [-0.2, 0) is 4.79 Å². The Hall–Kier alpha value is -1.01. The predicted molar refractivity (Wildman–Crippen MR) is 47.8 cm³/mol. The van der Waals surface area contributed by atoms with Gasteiger partial charge in [-0.15, -0.1) is 11.8 Å². The van der Waals surface area contributed by atoms with Crippen molar-refractivity contribution in [3.8, 4) is 11.8 Å². The molecule has 0 aromatic rings. The zero-order valence-electron chi connectivity index (χ0n) is 7.63. The van der Waals surface area contributed by atoms with Gasteiger partial charge in [0, 0.05) is 19.5 Å². The van der Waals surface area contributed by atoms with Crippen LogP contribution in [0.5, 0.6) is 0 Å². The summed E-state index contributed by atoms with van der Waals surface area (Å²) in [6.07, 6.45) is 1.02. The molecule has 0 aliphatic heterocycles. The van der Waals surface area contributed by atoms with Crippen LogP contribution in [0.2, 0.25) is 0 Å². The van der Waals surface area contributed by atoms with Crippen molar-refractivity contribution in [1.82, 2.24) is 4.90 Å². The Kier molecular flexibility index (Phi) is 6.12. The summed E-state index contributed by atoms with van der Waals surface area (Å²) in [6.45, 7) is 3.24. The summed E-state index contributed by atoms with van der Waals surface area (Å²) in [6, 6.07) is 0. The molecule has 0 radical (unpaired) electrons. The number of rotatable bonds is 5. The largest absolute Gasteiger partial charge is 0.481 e. The minimum absolute atomic E-state index is 0.204. The number of carboxylic acids is 1. The van der Waals surface area contributed by atoms with Gasteiger partial charge in [0.2, 0.25) is 0 Å². The second kappa shape index (κ2) is 6.68. The Morgan fingerprint density at radius 2 is 2.17 bits per heavy atom. The Labute approximate surface area is 73.4 Å². The van der Waals surface area contributed by atoms with Gasteiger partial charge in [0.25, 0.3) is 0 Å². The fourth-order valence-corrected chi connectivity index (χ4v) is 0.770. The summed E-state index contributed by atoms with van der Waals surface area (Å²) in [7, 11) is 1.90. The van der Waals surface area contributed by atoms with E-state index in [4.69, 9.17) is 5.11 Å². The molecule has 1 N–H and O–H groups in total. The SMILES string of the molecule is CC#CCCN(C)CCC(=O)O. The van der Waals surface area contributed by atoms with Gasteiger partial charge in [-0.25, -0.2) is 0 Å². The van der Waals surface area contributed by atoms with Gasteiger partial charge in [0.15, 0.2) is 0 Å². The molecule has 0 spiro atoms. The van der Waals surface area contributed by atoms with Gasteiger partial charge in [-0.2, -0.15) is 0 Å². The summed E-state index contributed by atoms with van der Waals surface area (Å²) in [5.41, 5.74) is 0. The maximum atomic E-state index is 10.2. The minimum Gasteiger partial charge on any atom is -0.481 e. The smallest absolute Gasteiger partial charge is 0.304 e. The molecule has 0 fully saturated rings. The summed E-state index contributed by atoms with van der Waals surface area (Å²) in [5, 5.41) is 8.38. The van der Waals surface area contributed by atoms with E-state index in [1.165, 1.54) is 0 Å². The number of nitrogens with zero attached hydrogens (tertiary/aromatic N) is 1. The third-order valence-electron chi connectivity index (χ3n) is 1.50. The predicted octanol–water partition coefficient (Wildman–Crippen LogP) is 0.806. The van der Waals surface area contributed by atoms with Gasteiger partial charge in [0.05, 0.1) is 6.42 Å². The molecule has 0 amide bonds. The number of carbonyl (C=O) groups is 1. The van der Waals surface area contributed by atoms with Crippen LogP contribution in [-0.4, -0.2) is 36.1 Å². The number of hydrogen-bond donors (Lipinski definition) is 1. The van der Waals surface area contributed by atoms with E-state index < -0.39 is 5.97 Å². The van der Waals surface area contributed by atoms with Crippen molar-refractivity contribution in [3.05, 3.63) is 0 Å². The standard InChI is InChI=1S/C9H15NO2/c1-3-4-5-7-10(2)8-6-9(11)12/h5-8H2,1-2H3,(H,11,12). The Balaban J connectivity index is 3.37. The molecule has 0 saturated heterocycles. The molecule has 0 aliphatic carbocycles. The molecule has 0 bridgehead atoms. The molecule has 0 rings (SSSR count). The second-order valence-electron chi connectivity index (χ2n) is 2.62. The van der Waals surface area contributed by atoms with Crippen molar-refractivity contribution in [1.29, 1.82) is 0 Å². The van der Waals surface area contributed by atoms with Gasteiger partial charge in [-0.1, -0.05) is 0 Å². The molecule has 0 aliphatic rings. The molecule has 0 saturated carbocycles. The molecule has 0 unspecified atom stereocenters. The van der Waals surface area contributed by atoms with E-state index in [1.54, 1.807) is 6.92 Å². The Bertz CT molecular complexity index is 190. The van der Waals surface area contributed by atoms with E-state index in [0.717, 1.165) is 13.0 Å². The molecule has 68 valence electrons. The lowest BCUT2D eigenvalue weighted by atomic mass is 10.3. The topological polar surface area (TPSA) is 40.5 Å². The highest BCUT2D eigenvalue weighted by atomic mass is 16.4. The van der Waals surface area contributed by atoms with Crippen molar-refractivity contribution in [3.63, 3.8) is 0 Å². The van der Waals surface area contributed by atoms with Crippen molar-refractivity contribution >= 4 is 5.97 Å². The maximum Gasteiger partial charge on any atom is 0.304 e. The summed E-state index contributed by atoms with van der Waals surface area (Å²) >= 11 is 0. The average Bonchev–Trinajstić information content (AvgIpc) is 2.01. The maximum absolute atomic E-state index is 10.2. The van der Waals surface area contributed by atoms with Crippen LogP contribution in [0, 0.1) is 11.8 Å². The van der Waals surface area contributed by atoms with Crippen LogP contribution < -0.4 is 0 Å².